The van der Waals surface area contributed by atoms with E-state index in [4.69, 9.17) is 21.1 Å². The Morgan fingerprint density at radius 1 is 1.03 bits per heavy atom. The third-order valence-corrected chi connectivity index (χ3v) is 7.04. The van der Waals surface area contributed by atoms with Crippen molar-refractivity contribution in [2.45, 2.75) is 84.1 Å². The van der Waals surface area contributed by atoms with Crippen molar-refractivity contribution in [3.8, 4) is 11.4 Å². The lowest BCUT2D eigenvalue weighted by atomic mass is 9.86. The van der Waals surface area contributed by atoms with E-state index in [9.17, 15) is 4.79 Å². The highest BCUT2D eigenvalue weighted by Crippen LogP contribution is 2.37. The Morgan fingerprint density at radius 3 is 2.50 bits per heavy atom. The number of para-hydroxylation sites is 1. The van der Waals surface area contributed by atoms with Crippen LogP contribution in [0.2, 0.25) is 5.02 Å². The Kier molecular flexibility index (Phi) is 6.68. The average Bonchev–Trinajstić information content (AvgIpc) is 3.15. The van der Waals surface area contributed by atoms with Gasteiger partial charge in [-0.05, 0) is 88.8 Å². The van der Waals surface area contributed by atoms with Gasteiger partial charge in [0.1, 0.15) is 17.2 Å². The molecule has 36 heavy (non-hydrogen) atoms. The van der Waals surface area contributed by atoms with Crippen LogP contribution in [0.5, 0.6) is 5.75 Å². The molecule has 0 spiro atoms. The van der Waals surface area contributed by atoms with Crippen LogP contribution in [0.3, 0.4) is 0 Å². The molecule has 1 amide bonds. The molecule has 8 heteroatoms. The number of ether oxygens (including phenoxy) is 2. The summed E-state index contributed by atoms with van der Waals surface area (Å²) in [6, 6.07) is 14.0. The van der Waals surface area contributed by atoms with Crippen LogP contribution in [0.25, 0.3) is 5.69 Å². The van der Waals surface area contributed by atoms with Crippen LogP contribution >= 0.6 is 11.6 Å². The first kappa shape index (κ1) is 24.6. The molecule has 3 aromatic rings. The van der Waals surface area contributed by atoms with Gasteiger partial charge in [0, 0.05) is 10.9 Å². The second kappa shape index (κ2) is 9.77. The predicted molar refractivity (Wildman–Crippen MR) is 139 cm³/mol. The highest BCUT2D eigenvalue weighted by Gasteiger charge is 2.33. The third-order valence-electron chi connectivity index (χ3n) is 6.81. The van der Waals surface area contributed by atoms with E-state index in [0.717, 1.165) is 59.9 Å². The summed E-state index contributed by atoms with van der Waals surface area (Å²) in [7, 11) is 0. The summed E-state index contributed by atoms with van der Waals surface area (Å²) in [5, 5.41) is 9.81. The normalized spacial score (nSPS) is 19.8. The van der Waals surface area contributed by atoms with Crippen LogP contribution in [0.15, 0.2) is 42.5 Å². The minimum absolute atomic E-state index is 0.197. The zero-order chi connectivity index (χ0) is 25.4. The maximum atomic E-state index is 13.0. The van der Waals surface area contributed by atoms with Gasteiger partial charge in [0.15, 0.2) is 5.82 Å². The number of hydrogen-bond acceptors (Lipinski definition) is 5. The lowest BCUT2D eigenvalue weighted by Crippen LogP contribution is -2.35. The van der Waals surface area contributed by atoms with Crippen LogP contribution in [0.4, 0.5) is 4.79 Å². The molecule has 0 bridgehead atoms. The number of aryl methyl sites for hydroxylation is 1. The summed E-state index contributed by atoms with van der Waals surface area (Å²) >= 11 is 6.36. The van der Waals surface area contributed by atoms with Crippen LogP contribution in [-0.4, -0.2) is 37.5 Å². The Balaban J connectivity index is 1.39. The van der Waals surface area contributed by atoms with E-state index in [1.54, 1.807) is 4.90 Å². The van der Waals surface area contributed by atoms with Gasteiger partial charge in [0.05, 0.1) is 24.9 Å². The Bertz CT molecular complexity index is 1260. The zero-order valence-corrected chi connectivity index (χ0v) is 22.1. The molecule has 1 saturated carbocycles. The molecular formula is C28H33ClN4O3. The molecule has 5 rings (SSSR count). The van der Waals surface area contributed by atoms with Gasteiger partial charge in [-0.25, -0.2) is 4.79 Å². The standard InChI is InChI=1S/C28H33ClN4O3/c1-18-7-5-6-8-24(18)35-22-12-9-19(10-13-22)26-31-30-25-17-32(27(34)36-28(2,3)4)16-20-15-21(29)11-14-23(20)33(25)26/h5-8,11,14-15,19,22H,9-10,12-13,16-17H2,1-4H3/t19-,22-. The molecule has 0 unspecified atom stereocenters. The highest BCUT2D eigenvalue weighted by atomic mass is 35.5. The monoisotopic (exact) mass is 508 g/mol. The van der Waals surface area contributed by atoms with E-state index in [1.165, 1.54) is 0 Å². The van der Waals surface area contributed by atoms with Crippen molar-refractivity contribution in [3.63, 3.8) is 0 Å². The molecule has 0 saturated heterocycles. The molecule has 0 N–H and O–H groups in total. The number of carbonyl (C=O) groups is 1. The van der Waals surface area contributed by atoms with Gasteiger partial charge in [0.25, 0.3) is 0 Å². The van der Waals surface area contributed by atoms with Crippen molar-refractivity contribution in [1.82, 2.24) is 19.7 Å². The van der Waals surface area contributed by atoms with E-state index in [0.29, 0.717) is 18.1 Å². The number of aromatic nitrogens is 3. The summed E-state index contributed by atoms with van der Waals surface area (Å²) in [5.41, 5.74) is 2.49. The Labute approximate surface area is 217 Å². The van der Waals surface area contributed by atoms with Crippen molar-refractivity contribution < 1.29 is 14.3 Å². The van der Waals surface area contributed by atoms with Crippen LogP contribution in [0.1, 0.15) is 75.1 Å². The maximum Gasteiger partial charge on any atom is 0.411 e. The second-order valence-corrected chi connectivity index (χ2v) is 11.2. The molecule has 190 valence electrons. The summed E-state index contributed by atoms with van der Waals surface area (Å²) in [4.78, 5) is 14.7. The lowest BCUT2D eigenvalue weighted by molar-refractivity contribution is 0.0214. The fourth-order valence-electron chi connectivity index (χ4n) is 5.05. The number of hydrogen-bond donors (Lipinski definition) is 0. The van der Waals surface area contributed by atoms with Crippen molar-refractivity contribution >= 4 is 17.7 Å². The van der Waals surface area contributed by atoms with Crippen molar-refractivity contribution in [2.24, 2.45) is 0 Å². The Hall–Kier alpha value is -3.06. The highest BCUT2D eigenvalue weighted by molar-refractivity contribution is 6.30. The number of rotatable bonds is 3. The van der Waals surface area contributed by atoms with Gasteiger partial charge in [-0.3, -0.25) is 9.47 Å². The Morgan fingerprint density at radius 2 is 1.78 bits per heavy atom. The van der Waals surface area contributed by atoms with Crippen LogP contribution in [-0.2, 0) is 17.8 Å². The van der Waals surface area contributed by atoms with Gasteiger partial charge in [-0.2, -0.15) is 0 Å². The van der Waals surface area contributed by atoms with Crippen molar-refractivity contribution in [2.75, 3.05) is 0 Å². The van der Waals surface area contributed by atoms with Crippen LogP contribution < -0.4 is 4.74 Å². The molecule has 2 aromatic carbocycles. The first-order valence-corrected chi connectivity index (χ1v) is 13.0. The van der Waals surface area contributed by atoms with Gasteiger partial charge in [0.2, 0.25) is 0 Å². The quantitative estimate of drug-likeness (QED) is 0.399. The van der Waals surface area contributed by atoms with E-state index >= 15 is 0 Å². The number of benzene rings is 2. The number of nitrogens with zero attached hydrogens (tertiary/aromatic N) is 4. The molecule has 1 fully saturated rings. The molecule has 0 radical (unpaired) electrons. The smallest absolute Gasteiger partial charge is 0.411 e. The first-order chi connectivity index (χ1) is 17.2. The average molecular weight is 509 g/mol. The number of fused-ring (bicyclic) bond motifs is 3. The molecule has 0 atom stereocenters. The molecule has 2 aliphatic rings. The van der Waals surface area contributed by atoms with E-state index < -0.39 is 5.60 Å². The largest absolute Gasteiger partial charge is 0.490 e. The first-order valence-electron chi connectivity index (χ1n) is 12.6. The van der Waals surface area contributed by atoms with Gasteiger partial charge >= 0.3 is 6.09 Å². The lowest BCUT2D eigenvalue weighted by Gasteiger charge is -2.29. The molecule has 1 aliphatic carbocycles. The van der Waals surface area contributed by atoms with Gasteiger partial charge in [-0.15, -0.1) is 10.2 Å². The molecule has 2 heterocycles. The minimum Gasteiger partial charge on any atom is -0.490 e. The molecular weight excluding hydrogens is 476 g/mol. The molecule has 1 aromatic heterocycles. The van der Waals surface area contributed by atoms with E-state index in [1.807, 2.05) is 57.2 Å². The van der Waals surface area contributed by atoms with E-state index in [-0.39, 0.29) is 18.1 Å². The summed E-state index contributed by atoms with van der Waals surface area (Å²) in [5.74, 6) is 2.90. The minimum atomic E-state index is -0.585. The topological polar surface area (TPSA) is 69.5 Å². The predicted octanol–water partition coefficient (Wildman–Crippen LogP) is 6.59. The number of carbonyl (C=O) groups excluding carboxylic acids is 1. The fourth-order valence-corrected chi connectivity index (χ4v) is 5.25. The molecule has 7 nitrogen and oxygen atoms in total. The summed E-state index contributed by atoms with van der Waals surface area (Å²) in [6.45, 7) is 8.40. The number of amides is 1. The van der Waals surface area contributed by atoms with Crippen molar-refractivity contribution in [3.05, 3.63) is 70.3 Å². The van der Waals surface area contributed by atoms with E-state index in [2.05, 4.69) is 27.8 Å². The maximum absolute atomic E-state index is 13.0. The van der Waals surface area contributed by atoms with Gasteiger partial charge < -0.3 is 9.47 Å². The summed E-state index contributed by atoms with van der Waals surface area (Å²) < 4.78 is 14.1. The zero-order valence-electron chi connectivity index (χ0n) is 21.3. The molecule has 1 aliphatic heterocycles. The SMILES string of the molecule is Cc1ccccc1O[C@H]1CC[C@H](c2nnc3n2-c2ccc(Cl)cc2CN(C(=O)OC(C)(C)C)C3)CC1. The summed E-state index contributed by atoms with van der Waals surface area (Å²) in [6.07, 6.45) is 3.67. The fraction of sp³-hybridized carbons (Fsp3) is 0.464. The number of halogens is 1. The van der Waals surface area contributed by atoms with Crippen LogP contribution in [0, 0.1) is 6.92 Å². The third kappa shape index (κ3) is 5.21. The second-order valence-electron chi connectivity index (χ2n) is 10.8. The van der Waals surface area contributed by atoms with Crippen molar-refractivity contribution in [1.29, 1.82) is 0 Å². The van der Waals surface area contributed by atoms with Gasteiger partial charge in [-0.1, -0.05) is 29.8 Å².